The van der Waals surface area contributed by atoms with Gasteiger partial charge in [0.1, 0.15) is 23.2 Å². The van der Waals surface area contributed by atoms with Gasteiger partial charge in [-0.2, -0.15) is 0 Å². The summed E-state index contributed by atoms with van der Waals surface area (Å²) in [5.74, 6) is 0.460. The maximum absolute atomic E-state index is 13.3. The molecule has 2 N–H and O–H groups in total. The minimum atomic E-state index is -1.06. The van der Waals surface area contributed by atoms with Crippen LogP contribution in [-0.4, -0.2) is 28.0 Å². The lowest BCUT2D eigenvalue weighted by atomic mass is 9.87. The quantitative estimate of drug-likeness (QED) is 0.222. The summed E-state index contributed by atoms with van der Waals surface area (Å²) in [4.78, 5) is 30.9. The molecule has 1 fully saturated rings. The molecule has 208 valence electrons. The fraction of sp³-hybridized carbons (Fsp3) is 0.364. The van der Waals surface area contributed by atoms with Crippen LogP contribution in [0.15, 0.2) is 66.0 Å². The van der Waals surface area contributed by atoms with Gasteiger partial charge in [-0.1, -0.05) is 70.7 Å². The average molecular weight is 557 g/mol. The lowest BCUT2D eigenvalue weighted by molar-refractivity contribution is -0.139. The molecule has 1 atom stereocenters. The van der Waals surface area contributed by atoms with Crippen LogP contribution in [-0.2, 0) is 23.1 Å². The number of pyridine rings is 1. The average Bonchev–Trinajstić information content (AvgIpc) is 3.63. The molecular weight excluding hydrogens is 520 g/mol. The Hall–Kier alpha value is -3.71. The molecule has 4 aromatic rings. The standard InChI is InChI=1S/C33H36N2O4S/c1-33(2,3)23-11-14-24(15-12-23)39-25-13-10-22-18-29(34-28(27(22)19-25)17-21-7-4-5-8-21)31(36)35-30(32(37)38)20-26-9-6-16-40-26/h6,9-16,18-19,21,30H,4-5,7-8,17,20H2,1-3H3,(H,35,36)(H,37,38). The van der Waals surface area contributed by atoms with E-state index in [1.54, 1.807) is 6.07 Å². The van der Waals surface area contributed by atoms with Gasteiger partial charge in [0, 0.05) is 22.4 Å². The summed E-state index contributed by atoms with van der Waals surface area (Å²) in [6.07, 6.45) is 5.74. The van der Waals surface area contributed by atoms with Crippen LogP contribution in [0.1, 0.15) is 73.1 Å². The molecule has 0 radical (unpaired) electrons. The van der Waals surface area contributed by atoms with Gasteiger partial charge in [-0.3, -0.25) is 4.79 Å². The first-order valence-electron chi connectivity index (χ1n) is 13.9. The van der Waals surface area contributed by atoms with E-state index in [9.17, 15) is 14.7 Å². The number of benzene rings is 2. The third-order valence-corrected chi connectivity index (χ3v) is 8.52. The number of hydrogen-bond donors (Lipinski definition) is 2. The molecule has 1 saturated carbocycles. The molecular formula is C33H36N2O4S. The van der Waals surface area contributed by atoms with E-state index in [-0.39, 0.29) is 17.5 Å². The lowest BCUT2D eigenvalue weighted by Gasteiger charge is -2.19. The number of aliphatic carboxylic acids is 1. The van der Waals surface area contributed by atoms with E-state index in [0.717, 1.165) is 46.4 Å². The Labute approximate surface area is 239 Å². The number of hydrogen-bond acceptors (Lipinski definition) is 5. The van der Waals surface area contributed by atoms with Crippen molar-refractivity contribution in [1.29, 1.82) is 0 Å². The Kier molecular flexibility index (Phi) is 8.22. The summed E-state index contributed by atoms with van der Waals surface area (Å²) in [5, 5.41) is 16.2. The minimum Gasteiger partial charge on any atom is -0.480 e. The second-order valence-electron chi connectivity index (χ2n) is 11.7. The zero-order valence-corrected chi connectivity index (χ0v) is 24.1. The first-order valence-corrected chi connectivity index (χ1v) is 14.8. The number of carbonyl (C=O) groups excluding carboxylic acids is 1. The largest absolute Gasteiger partial charge is 0.480 e. The van der Waals surface area contributed by atoms with Crippen molar-refractivity contribution in [1.82, 2.24) is 10.3 Å². The molecule has 2 heterocycles. The van der Waals surface area contributed by atoms with Crippen LogP contribution in [0.2, 0.25) is 0 Å². The number of nitrogens with one attached hydrogen (secondary N) is 1. The van der Waals surface area contributed by atoms with E-state index in [2.05, 4.69) is 38.2 Å². The van der Waals surface area contributed by atoms with Gasteiger partial charge in [0.25, 0.3) is 5.91 Å². The highest BCUT2D eigenvalue weighted by Gasteiger charge is 2.24. The van der Waals surface area contributed by atoms with Gasteiger partial charge in [-0.05, 0) is 70.5 Å². The van der Waals surface area contributed by atoms with Crippen molar-refractivity contribution in [2.45, 2.75) is 70.8 Å². The predicted molar refractivity (Wildman–Crippen MR) is 160 cm³/mol. The Morgan fingerprint density at radius 3 is 2.42 bits per heavy atom. The third kappa shape index (κ3) is 6.70. The molecule has 1 amide bonds. The summed E-state index contributed by atoms with van der Waals surface area (Å²) < 4.78 is 6.21. The van der Waals surface area contributed by atoms with Crippen molar-refractivity contribution < 1.29 is 19.4 Å². The number of nitrogens with zero attached hydrogens (tertiary/aromatic N) is 1. The van der Waals surface area contributed by atoms with E-state index in [4.69, 9.17) is 9.72 Å². The van der Waals surface area contributed by atoms with Gasteiger partial charge >= 0.3 is 5.97 Å². The molecule has 2 aromatic heterocycles. The van der Waals surface area contributed by atoms with Gasteiger partial charge in [-0.15, -0.1) is 11.3 Å². The third-order valence-electron chi connectivity index (χ3n) is 7.62. The molecule has 1 aliphatic rings. The highest BCUT2D eigenvalue weighted by molar-refractivity contribution is 7.09. The fourth-order valence-corrected chi connectivity index (χ4v) is 6.09. The van der Waals surface area contributed by atoms with Crippen LogP contribution < -0.4 is 10.1 Å². The topological polar surface area (TPSA) is 88.5 Å². The highest BCUT2D eigenvalue weighted by atomic mass is 32.1. The minimum absolute atomic E-state index is 0.0702. The number of amides is 1. The van der Waals surface area contributed by atoms with Gasteiger partial charge in [-0.25, -0.2) is 9.78 Å². The van der Waals surface area contributed by atoms with E-state index >= 15 is 0 Å². The molecule has 1 unspecified atom stereocenters. The molecule has 7 heteroatoms. The van der Waals surface area contributed by atoms with Gasteiger partial charge in [0.15, 0.2) is 0 Å². The van der Waals surface area contributed by atoms with Crippen LogP contribution in [0.3, 0.4) is 0 Å². The van der Waals surface area contributed by atoms with Crippen LogP contribution in [0.25, 0.3) is 10.8 Å². The van der Waals surface area contributed by atoms with Crippen molar-refractivity contribution in [3.8, 4) is 11.5 Å². The number of carboxylic acid groups (broad SMARTS) is 1. The summed E-state index contributed by atoms with van der Waals surface area (Å²) in [6, 6.07) is 18.5. The molecule has 0 bridgehead atoms. The summed E-state index contributed by atoms with van der Waals surface area (Å²) in [5.41, 5.74) is 2.41. The normalized spacial score (nSPS) is 14.8. The van der Waals surface area contributed by atoms with Gasteiger partial charge < -0.3 is 15.2 Å². The molecule has 5 rings (SSSR count). The maximum atomic E-state index is 13.3. The predicted octanol–water partition coefficient (Wildman–Crippen LogP) is 7.54. The molecule has 2 aromatic carbocycles. The van der Waals surface area contributed by atoms with Crippen LogP contribution in [0, 0.1) is 5.92 Å². The molecule has 0 aliphatic heterocycles. The molecule has 6 nitrogen and oxygen atoms in total. The zero-order chi connectivity index (χ0) is 28.3. The Bertz CT molecular complexity index is 1480. The highest BCUT2D eigenvalue weighted by Crippen LogP contribution is 2.33. The number of carbonyl (C=O) groups is 2. The van der Waals surface area contributed by atoms with Crippen molar-refractivity contribution in [3.05, 3.63) is 87.9 Å². The van der Waals surface area contributed by atoms with E-state index in [1.165, 1.54) is 29.7 Å². The molecule has 0 saturated heterocycles. The van der Waals surface area contributed by atoms with Crippen molar-refractivity contribution in [2.24, 2.45) is 5.92 Å². The van der Waals surface area contributed by atoms with E-state index in [0.29, 0.717) is 11.7 Å². The number of thiophene rings is 1. The summed E-state index contributed by atoms with van der Waals surface area (Å²) in [6.45, 7) is 6.56. The second kappa shape index (κ2) is 11.8. The van der Waals surface area contributed by atoms with Crippen molar-refractivity contribution in [3.63, 3.8) is 0 Å². The van der Waals surface area contributed by atoms with E-state index in [1.807, 2.05) is 47.8 Å². The Morgan fingerprint density at radius 1 is 1.05 bits per heavy atom. The molecule has 1 aliphatic carbocycles. The Morgan fingerprint density at radius 2 is 1.77 bits per heavy atom. The summed E-state index contributed by atoms with van der Waals surface area (Å²) >= 11 is 1.47. The number of ether oxygens (including phenoxy) is 1. The SMILES string of the molecule is CC(C)(C)c1ccc(Oc2ccc3cc(C(=O)NC(Cc4cccs4)C(=O)O)nc(CC4CCCC4)c3c2)cc1. The van der Waals surface area contributed by atoms with E-state index < -0.39 is 17.9 Å². The first-order chi connectivity index (χ1) is 19.2. The molecule has 40 heavy (non-hydrogen) atoms. The Balaban J connectivity index is 1.43. The number of aromatic nitrogens is 1. The monoisotopic (exact) mass is 556 g/mol. The molecule has 0 spiro atoms. The fourth-order valence-electron chi connectivity index (χ4n) is 5.34. The van der Waals surface area contributed by atoms with Crippen molar-refractivity contribution >= 4 is 34.0 Å². The zero-order valence-electron chi connectivity index (χ0n) is 23.3. The lowest BCUT2D eigenvalue weighted by Crippen LogP contribution is -2.42. The first kappa shape index (κ1) is 27.8. The van der Waals surface area contributed by atoms with Crippen LogP contribution in [0.4, 0.5) is 0 Å². The summed E-state index contributed by atoms with van der Waals surface area (Å²) in [7, 11) is 0. The maximum Gasteiger partial charge on any atom is 0.326 e. The van der Waals surface area contributed by atoms with Crippen molar-refractivity contribution in [2.75, 3.05) is 0 Å². The second-order valence-corrected chi connectivity index (χ2v) is 12.7. The number of carboxylic acids is 1. The van der Waals surface area contributed by atoms with Crippen LogP contribution >= 0.6 is 11.3 Å². The van der Waals surface area contributed by atoms with Crippen LogP contribution in [0.5, 0.6) is 11.5 Å². The number of rotatable bonds is 9. The smallest absolute Gasteiger partial charge is 0.326 e. The number of fused-ring (bicyclic) bond motifs is 1. The van der Waals surface area contributed by atoms with Gasteiger partial charge in [0.2, 0.25) is 0 Å². The van der Waals surface area contributed by atoms with Gasteiger partial charge in [0.05, 0.1) is 0 Å².